The molecule has 4 rings (SSSR count). The molecule has 3 aromatic rings. The first-order valence-corrected chi connectivity index (χ1v) is 14.7. The van der Waals surface area contributed by atoms with Crippen molar-refractivity contribution in [3.8, 4) is 5.75 Å². The predicted molar refractivity (Wildman–Crippen MR) is 151 cm³/mol. The highest BCUT2D eigenvalue weighted by atomic mass is 32.2. The molecule has 4 nitrogen and oxygen atoms in total. The lowest BCUT2D eigenvalue weighted by Crippen LogP contribution is -2.45. The fourth-order valence-corrected chi connectivity index (χ4v) is 5.35. The average Bonchev–Trinajstić information content (AvgIpc) is 2.90. The molecule has 36 heavy (non-hydrogen) atoms. The fourth-order valence-electron chi connectivity index (χ4n) is 4.83. The first kappa shape index (κ1) is 26.4. The minimum absolute atomic E-state index is 0.556. The van der Waals surface area contributed by atoms with E-state index in [2.05, 4.69) is 72.2 Å². The van der Waals surface area contributed by atoms with E-state index < -0.39 is 10.8 Å². The third-order valence-corrected chi connectivity index (χ3v) is 7.96. The molecule has 1 saturated heterocycles. The van der Waals surface area contributed by atoms with Gasteiger partial charge in [0.05, 0.1) is 0 Å². The van der Waals surface area contributed by atoms with Gasteiger partial charge in [0.1, 0.15) is 12.4 Å². The maximum atomic E-state index is 11.7. The van der Waals surface area contributed by atoms with E-state index in [0.29, 0.717) is 18.6 Å². The molecular formula is C31H40N2O2S. The van der Waals surface area contributed by atoms with Gasteiger partial charge < -0.3 is 9.64 Å². The molecule has 1 atom stereocenters. The van der Waals surface area contributed by atoms with Crippen molar-refractivity contribution in [2.24, 2.45) is 5.92 Å². The number of hydrogen-bond acceptors (Lipinski definition) is 4. The summed E-state index contributed by atoms with van der Waals surface area (Å²) in [5, 5.41) is 0. The van der Waals surface area contributed by atoms with E-state index in [4.69, 9.17) is 4.74 Å². The second-order valence-corrected chi connectivity index (χ2v) is 11.6. The molecule has 0 aliphatic carbocycles. The number of rotatable bonds is 11. The second kappa shape index (κ2) is 13.1. The third-order valence-electron chi connectivity index (χ3n) is 7.02. The van der Waals surface area contributed by atoms with Crippen LogP contribution in [0.3, 0.4) is 0 Å². The van der Waals surface area contributed by atoms with E-state index in [1.807, 2.05) is 30.3 Å². The van der Waals surface area contributed by atoms with Crippen molar-refractivity contribution in [1.82, 2.24) is 4.90 Å². The van der Waals surface area contributed by atoms with Crippen LogP contribution in [0.1, 0.15) is 44.2 Å². The lowest BCUT2D eigenvalue weighted by Gasteiger charge is -2.40. The van der Waals surface area contributed by atoms with Gasteiger partial charge >= 0.3 is 0 Å². The Morgan fingerprint density at radius 1 is 0.917 bits per heavy atom. The first-order chi connectivity index (χ1) is 17.5. The van der Waals surface area contributed by atoms with Crippen LogP contribution in [0.2, 0.25) is 0 Å². The van der Waals surface area contributed by atoms with Crippen molar-refractivity contribution in [3.63, 3.8) is 0 Å². The zero-order valence-corrected chi connectivity index (χ0v) is 22.8. The number of benzene rings is 3. The molecule has 0 N–H and O–H groups in total. The maximum Gasteiger partial charge on any atom is 0.119 e. The highest BCUT2D eigenvalue weighted by Crippen LogP contribution is 2.28. The van der Waals surface area contributed by atoms with Crippen LogP contribution in [-0.4, -0.2) is 41.0 Å². The average molecular weight is 505 g/mol. The Morgan fingerprint density at radius 3 is 2.19 bits per heavy atom. The molecule has 0 bridgehead atoms. The molecule has 1 aliphatic heterocycles. The Balaban J connectivity index is 1.35. The van der Waals surface area contributed by atoms with E-state index in [1.54, 1.807) is 6.26 Å². The molecule has 0 spiro atoms. The number of hydrogen-bond donors (Lipinski definition) is 0. The van der Waals surface area contributed by atoms with Gasteiger partial charge in [-0.2, -0.15) is 0 Å². The van der Waals surface area contributed by atoms with Gasteiger partial charge in [-0.1, -0.05) is 56.3 Å². The Labute approximate surface area is 219 Å². The Kier molecular flexibility index (Phi) is 9.60. The third kappa shape index (κ3) is 7.68. The smallest absolute Gasteiger partial charge is 0.119 e. The van der Waals surface area contributed by atoms with Gasteiger partial charge in [-0.3, -0.25) is 9.11 Å². The fraction of sp³-hybridized carbons (Fsp3) is 0.419. The van der Waals surface area contributed by atoms with Crippen LogP contribution in [0, 0.1) is 5.92 Å². The minimum Gasteiger partial charge on any atom is -0.489 e. The summed E-state index contributed by atoms with van der Waals surface area (Å²) in [6.07, 6.45) is 5.26. The highest BCUT2D eigenvalue weighted by Gasteiger charge is 2.25. The number of piperidine rings is 1. The summed E-state index contributed by atoms with van der Waals surface area (Å²) in [6, 6.07) is 27.8. The molecule has 1 fully saturated rings. The van der Waals surface area contributed by atoms with Gasteiger partial charge in [-0.25, -0.2) is 0 Å². The van der Waals surface area contributed by atoms with E-state index >= 15 is 0 Å². The van der Waals surface area contributed by atoms with Crippen LogP contribution in [0.15, 0.2) is 83.8 Å². The zero-order chi connectivity index (χ0) is 25.3. The van der Waals surface area contributed by atoms with Gasteiger partial charge in [0.2, 0.25) is 0 Å². The maximum absolute atomic E-state index is 11.7. The van der Waals surface area contributed by atoms with Crippen LogP contribution in [0.25, 0.3) is 0 Å². The highest BCUT2D eigenvalue weighted by molar-refractivity contribution is 7.84. The molecule has 1 unspecified atom stereocenters. The molecule has 1 heterocycles. The molecular weight excluding hydrogens is 464 g/mol. The summed E-state index contributed by atoms with van der Waals surface area (Å²) in [5.41, 5.74) is 3.78. The topological polar surface area (TPSA) is 32.8 Å². The molecule has 3 aromatic carbocycles. The number of anilines is 1. The second-order valence-electron chi connectivity index (χ2n) is 10.2. The summed E-state index contributed by atoms with van der Waals surface area (Å²) in [4.78, 5) is 6.08. The van der Waals surface area contributed by atoms with Gasteiger partial charge in [0, 0.05) is 59.9 Å². The zero-order valence-electron chi connectivity index (χ0n) is 21.9. The quantitative estimate of drug-likeness (QED) is 0.298. The van der Waals surface area contributed by atoms with Crippen molar-refractivity contribution in [3.05, 3.63) is 90.0 Å². The van der Waals surface area contributed by atoms with E-state index in [-0.39, 0.29) is 0 Å². The van der Waals surface area contributed by atoms with Gasteiger partial charge in [0.15, 0.2) is 0 Å². The molecule has 0 amide bonds. The van der Waals surface area contributed by atoms with Crippen LogP contribution < -0.4 is 9.64 Å². The summed E-state index contributed by atoms with van der Waals surface area (Å²) in [5.74, 6) is 1.60. The van der Waals surface area contributed by atoms with Gasteiger partial charge in [-0.15, -0.1) is 0 Å². The SMILES string of the molecule is CC(C)CCN(c1ccc(OCc2ccccc2)cc1)C1CCN(Cc2ccc(S(C)=O)cc2)CC1. The van der Waals surface area contributed by atoms with Crippen molar-refractivity contribution in [1.29, 1.82) is 0 Å². The van der Waals surface area contributed by atoms with Crippen molar-refractivity contribution in [2.75, 3.05) is 30.8 Å². The molecule has 192 valence electrons. The van der Waals surface area contributed by atoms with Crippen molar-refractivity contribution < 1.29 is 8.95 Å². The van der Waals surface area contributed by atoms with Crippen LogP contribution in [0.5, 0.6) is 5.75 Å². The number of likely N-dealkylation sites (tertiary alicyclic amines) is 1. The lowest BCUT2D eigenvalue weighted by atomic mass is 10.00. The Hall–Kier alpha value is -2.63. The van der Waals surface area contributed by atoms with E-state index in [1.165, 1.54) is 36.1 Å². The van der Waals surface area contributed by atoms with Crippen molar-refractivity contribution in [2.45, 2.75) is 57.2 Å². The van der Waals surface area contributed by atoms with E-state index in [0.717, 1.165) is 36.8 Å². The van der Waals surface area contributed by atoms with Gasteiger partial charge in [-0.05, 0) is 72.7 Å². The molecule has 0 radical (unpaired) electrons. The predicted octanol–water partition coefficient (Wildman–Crippen LogP) is 6.52. The molecule has 0 saturated carbocycles. The molecule has 1 aliphatic rings. The molecule has 5 heteroatoms. The Morgan fingerprint density at radius 2 is 1.58 bits per heavy atom. The van der Waals surface area contributed by atoms with E-state index in [9.17, 15) is 4.21 Å². The Bertz CT molecular complexity index is 1080. The minimum atomic E-state index is -0.917. The summed E-state index contributed by atoms with van der Waals surface area (Å²) in [7, 11) is -0.917. The molecule has 0 aromatic heterocycles. The largest absolute Gasteiger partial charge is 0.489 e. The number of ether oxygens (including phenoxy) is 1. The van der Waals surface area contributed by atoms with Crippen LogP contribution in [-0.2, 0) is 24.0 Å². The normalized spacial score (nSPS) is 15.7. The first-order valence-electron chi connectivity index (χ1n) is 13.2. The van der Waals surface area contributed by atoms with Crippen LogP contribution in [0.4, 0.5) is 5.69 Å². The standard InChI is InChI=1S/C31H40N2O2S/c1-25(2)17-22-33(28-11-13-30(14-12-28)35-24-27-7-5-4-6-8-27)29-18-20-32(21-19-29)23-26-9-15-31(16-10-26)36(3)34/h4-16,25,29H,17-24H2,1-3H3. The number of nitrogens with zero attached hydrogens (tertiary/aromatic N) is 2. The summed E-state index contributed by atoms with van der Waals surface area (Å²) in [6.45, 7) is 9.45. The van der Waals surface area contributed by atoms with Gasteiger partial charge in [0.25, 0.3) is 0 Å². The monoisotopic (exact) mass is 504 g/mol. The summed E-state index contributed by atoms with van der Waals surface area (Å²) < 4.78 is 17.7. The van der Waals surface area contributed by atoms with Crippen LogP contribution >= 0.6 is 0 Å². The lowest BCUT2D eigenvalue weighted by molar-refractivity contribution is 0.200. The van der Waals surface area contributed by atoms with Crippen molar-refractivity contribution >= 4 is 16.5 Å². The summed E-state index contributed by atoms with van der Waals surface area (Å²) >= 11 is 0.